The lowest BCUT2D eigenvalue weighted by Crippen LogP contribution is -2.45. The molecule has 2 aromatic carbocycles. The molecule has 9 nitrogen and oxygen atoms in total. The van der Waals surface area contributed by atoms with Gasteiger partial charge in [0.25, 0.3) is 5.56 Å². The second-order valence-corrected chi connectivity index (χ2v) is 9.30. The Morgan fingerprint density at radius 1 is 1.06 bits per heavy atom. The standard InChI is InChI=1S/C21H24FN5O4S/c1-15-20(21(29)27(25(15)4)16-10-6-5-7-11-16)23-19(28)14-26(32(30,31)24(2)3)18-13-9-8-12-17(18)22/h5-13H,14H2,1-4H3,(H,23,28). The quantitative estimate of drug-likeness (QED) is 0.581. The van der Waals surface area contributed by atoms with Crippen molar-refractivity contribution in [2.45, 2.75) is 6.92 Å². The summed E-state index contributed by atoms with van der Waals surface area (Å²) in [6.07, 6.45) is 0. The highest BCUT2D eigenvalue weighted by atomic mass is 32.2. The lowest BCUT2D eigenvalue weighted by atomic mass is 10.3. The number of para-hydroxylation sites is 2. The number of halogens is 1. The van der Waals surface area contributed by atoms with Gasteiger partial charge >= 0.3 is 10.2 Å². The number of nitrogens with one attached hydrogen (secondary N) is 1. The molecular formula is C21H24FN5O4S. The number of aromatic nitrogens is 2. The minimum atomic E-state index is -4.19. The van der Waals surface area contributed by atoms with Crippen LogP contribution in [0.25, 0.3) is 5.69 Å². The zero-order chi connectivity index (χ0) is 23.6. The van der Waals surface area contributed by atoms with Crippen LogP contribution in [-0.4, -0.2) is 48.6 Å². The first kappa shape index (κ1) is 23.2. The molecular weight excluding hydrogens is 437 g/mol. The Hall–Kier alpha value is -3.44. The van der Waals surface area contributed by atoms with E-state index in [1.165, 1.54) is 37.0 Å². The smallest absolute Gasteiger partial charge is 0.304 e. The van der Waals surface area contributed by atoms with Crippen LogP contribution in [-0.2, 0) is 22.1 Å². The van der Waals surface area contributed by atoms with Crippen LogP contribution in [0, 0.1) is 12.7 Å². The Kier molecular flexibility index (Phi) is 6.51. The Morgan fingerprint density at radius 2 is 1.66 bits per heavy atom. The Labute approximate surface area is 185 Å². The van der Waals surface area contributed by atoms with Gasteiger partial charge < -0.3 is 5.32 Å². The SMILES string of the molecule is Cc1c(NC(=O)CN(c2ccccc2F)S(=O)(=O)N(C)C)c(=O)n(-c2ccccc2)n1C. The van der Waals surface area contributed by atoms with Crippen molar-refractivity contribution in [1.82, 2.24) is 13.7 Å². The summed E-state index contributed by atoms with van der Waals surface area (Å²) < 4.78 is 44.4. The molecule has 3 rings (SSSR count). The van der Waals surface area contributed by atoms with Gasteiger partial charge in [-0.25, -0.2) is 13.4 Å². The van der Waals surface area contributed by atoms with Gasteiger partial charge in [-0.3, -0.25) is 14.3 Å². The molecule has 0 saturated carbocycles. The van der Waals surface area contributed by atoms with E-state index in [4.69, 9.17) is 0 Å². The highest BCUT2D eigenvalue weighted by Crippen LogP contribution is 2.23. The van der Waals surface area contributed by atoms with E-state index in [9.17, 15) is 22.4 Å². The molecule has 0 fully saturated rings. The number of nitrogens with zero attached hydrogens (tertiary/aromatic N) is 4. The molecule has 0 atom stereocenters. The first-order chi connectivity index (χ1) is 15.1. The Bertz CT molecular complexity index is 1300. The molecule has 0 spiro atoms. The van der Waals surface area contributed by atoms with Gasteiger partial charge in [0.15, 0.2) is 0 Å². The molecule has 32 heavy (non-hydrogen) atoms. The monoisotopic (exact) mass is 461 g/mol. The molecule has 0 radical (unpaired) electrons. The zero-order valence-electron chi connectivity index (χ0n) is 18.1. The number of carbonyl (C=O) groups excluding carboxylic acids is 1. The molecule has 0 bridgehead atoms. The molecule has 0 aliphatic carbocycles. The molecule has 1 heterocycles. The molecule has 3 aromatic rings. The lowest BCUT2D eigenvalue weighted by molar-refractivity contribution is -0.114. The van der Waals surface area contributed by atoms with Gasteiger partial charge in [0, 0.05) is 21.1 Å². The predicted octanol–water partition coefficient (Wildman–Crippen LogP) is 1.88. The lowest BCUT2D eigenvalue weighted by Gasteiger charge is -2.27. The van der Waals surface area contributed by atoms with Crippen LogP contribution >= 0.6 is 0 Å². The van der Waals surface area contributed by atoms with E-state index < -0.39 is 34.0 Å². The molecule has 11 heteroatoms. The van der Waals surface area contributed by atoms with E-state index in [2.05, 4.69) is 5.32 Å². The van der Waals surface area contributed by atoms with E-state index in [1.807, 2.05) is 6.07 Å². The van der Waals surface area contributed by atoms with E-state index >= 15 is 0 Å². The maximum Gasteiger partial charge on any atom is 0.304 e. The topological polar surface area (TPSA) is 96.7 Å². The van der Waals surface area contributed by atoms with Crippen molar-refractivity contribution in [3.8, 4) is 5.69 Å². The van der Waals surface area contributed by atoms with Crippen molar-refractivity contribution in [2.75, 3.05) is 30.3 Å². The van der Waals surface area contributed by atoms with Crippen LogP contribution in [0.2, 0.25) is 0 Å². The number of amides is 1. The van der Waals surface area contributed by atoms with Crippen molar-refractivity contribution in [2.24, 2.45) is 7.05 Å². The van der Waals surface area contributed by atoms with Gasteiger partial charge in [-0.2, -0.15) is 12.7 Å². The van der Waals surface area contributed by atoms with Gasteiger partial charge in [-0.1, -0.05) is 30.3 Å². The first-order valence-corrected chi connectivity index (χ1v) is 11.0. The molecule has 1 aromatic heterocycles. The van der Waals surface area contributed by atoms with Gasteiger partial charge in [0.05, 0.1) is 17.1 Å². The van der Waals surface area contributed by atoms with Gasteiger partial charge in [-0.05, 0) is 31.2 Å². The minimum Gasteiger partial charge on any atom is -0.318 e. The molecule has 1 amide bonds. The summed E-state index contributed by atoms with van der Waals surface area (Å²) in [7, 11) is 0.0349. The fourth-order valence-corrected chi connectivity index (χ4v) is 4.24. The summed E-state index contributed by atoms with van der Waals surface area (Å²) >= 11 is 0. The second-order valence-electron chi connectivity index (χ2n) is 7.23. The van der Waals surface area contributed by atoms with Crippen LogP contribution in [0.1, 0.15) is 5.69 Å². The minimum absolute atomic E-state index is 0.0112. The first-order valence-electron chi connectivity index (χ1n) is 9.64. The third kappa shape index (κ3) is 4.30. The molecule has 1 N–H and O–H groups in total. The third-order valence-corrected chi connectivity index (χ3v) is 6.77. The highest BCUT2D eigenvalue weighted by Gasteiger charge is 2.30. The van der Waals surface area contributed by atoms with E-state index in [1.54, 1.807) is 42.9 Å². The van der Waals surface area contributed by atoms with Gasteiger partial charge in [-0.15, -0.1) is 0 Å². The van der Waals surface area contributed by atoms with E-state index in [0.29, 0.717) is 15.7 Å². The average Bonchev–Trinajstić information content (AvgIpc) is 2.96. The van der Waals surface area contributed by atoms with Gasteiger partial charge in [0.2, 0.25) is 5.91 Å². The molecule has 0 saturated heterocycles. The normalized spacial score (nSPS) is 11.6. The molecule has 0 aliphatic rings. The Morgan fingerprint density at radius 3 is 2.25 bits per heavy atom. The number of benzene rings is 2. The number of rotatable bonds is 7. The number of carbonyl (C=O) groups is 1. The summed E-state index contributed by atoms with van der Waals surface area (Å²) in [5.74, 6) is -1.59. The third-order valence-electron chi connectivity index (χ3n) is 4.97. The van der Waals surface area contributed by atoms with Crippen molar-refractivity contribution >= 4 is 27.5 Å². The largest absolute Gasteiger partial charge is 0.318 e. The maximum atomic E-state index is 14.4. The average molecular weight is 462 g/mol. The number of anilines is 2. The molecule has 0 unspecified atom stereocenters. The van der Waals surface area contributed by atoms with Crippen LogP contribution in [0.5, 0.6) is 0 Å². The zero-order valence-corrected chi connectivity index (χ0v) is 18.9. The fraction of sp³-hybridized carbons (Fsp3) is 0.238. The predicted molar refractivity (Wildman–Crippen MR) is 121 cm³/mol. The number of hydrogen-bond acceptors (Lipinski definition) is 4. The molecule has 0 aliphatic heterocycles. The van der Waals surface area contributed by atoms with E-state index in [-0.39, 0.29) is 11.4 Å². The van der Waals surface area contributed by atoms with Crippen molar-refractivity contribution < 1.29 is 17.6 Å². The van der Waals surface area contributed by atoms with Crippen LogP contribution in [0.15, 0.2) is 59.4 Å². The van der Waals surface area contributed by atoms with Crippen LogP contribution in [0.4, 0.5) is 15.8 Å². The van der Waals surface area contributed by atoms with Gasteiger partial charge in [0.1, 0.15) is 18.0 Å². The van der Waals surface area contributed by atoms with Crippen molar-refractivity contribution in [1.29, 1.82) is 0 Å². The fourth-order valence-electron chi connectivity index (χ4n) is 3.16. The summed E-state index contributed by atoms with van der Waals surface area (Å²) in [5.41, 5.74) is 0.337. The number of hydrogen-bond donors (Lipinski definition) is 1. The summed E-state index contributed by atoms with van der Waals surface area (Å²) in [6, 6.07) is 14.1. The van der Waals surface area contributed by atoms with Crippen molar-refractivity contribution in [3.05, 3.63) is 76.5 Å². The maximum absolute atomic E-state index is 14.4. The second kappa shape index (κ2) is 8.97. The highest BCUT2D eigenvalue weighted by molar-refractivity contribution is 7.90. The van der Waals surface area contributed by atoms with E-state index in [0.717, 1.165) is 10.4 Å². The van der Waals surface area contributed by atoms with Crippen LogP contribution in [0.3, 0.4) is 0 Å². The molecule has 170 valence electrons. The van der Waals surface area contributed by atoms with Crippen LogP contribution < -0.4 is 15.2 Å². The summed E-state index contributed by atoms with van der Waals surface area (Å²) in [6.45, 7) is 0.933. The van der Waals surface area contributed by atoms with Crippen molar-refractivity contribution in [3.63, 3.8) is 0 Å². The Balaban J connectivity index is 1.96. The summed E-state index contributed by atoms with van der Waals surface area (Å²) in [4.78, 5) is 25.8. The summed E-state index contributed by atoms with van der Waals surface area (Å²) in [5, 5.41) is 2.50.